The molecule has 2 amide bonds. The van der Waals surface area contributed by atoms with Crippen LogP contribution in [0.25, 0.3) is 0 Å². The van der Waals surface area contributed by atoms with Crippen LogP contribution in [0.5, 0.6) is 5.75 Å². The molecule has 144 valence electrons. The van der Waals surface area contributed by atoms with Gasteiger partial charge in [0, 0.05) is 5.56 Å². The summed E-state index contributed by atoms with van der Waals surface area (Å²) in [6.07, 6.45) is 0.0260. The van der Waals surface area contributed by atoms with Gasteiger partial charge in [0.1, 0.15) is 10.8 Å². The number of benzene rings is 1. The maximum Gasteiger partial charge on any atom is 0.341 e. The molecular formula is C19H22N2O5S. The van der Waals surface area contributed by atoms with E-state index in [0.29, 0.717) is 16.9 Å². The normalized spacial score (nSPS) is 10.6. The van der Waals surface area contributed by atoms with Crippen molar-refractivity contribution in [2.45, 2.75) is 33.8 Å². The zero-order chi connectivity index (χ0) is 20.1. The van der Waals surface area contributed by atoms with Crippen LogP contribution in [0.3, 0.4) is 0 Å². The second-order valence-electron chi connectivity index (χ2n) is 5.99. The van der Waals surface area contributed by atoms with Crippen LogP contribution in [0.15, 0.2) is 24.3 Å². The lowest BCUT2D eigenvalue weighted by Gasteiger charge is -2.10. The lowest BCUT2D eigenvalue weighted by molar-refractivity contribution is 0.0527. The first-order valence-electron chi connectivity index (χ1n) is 8.43. The van der Waals surface area contributed by atoms with Crippen LogP contribution in [-0.2, 0) is 4.74 Å². The summed E-state index contributed by atoms with van der Waals surface area (Å²) in [5.41, 5.74) is 6.28. The highest BCUT2D eigenvalue weighted by atomic mass is 32.1. The van der Waals surface area contributed by atoms with E-state index in [4.69, 9.17) is 15.2 Å². The topological polar surface area (TPSA) is 108 Å². The van der Waals surface area contributed by atoms with Gasteiger partial charge in [0.05, 0.1) is 23.2 Å². The number of carbonyl (C=O) groups is 3. The molecule has 1 aromatic carbocycles. The van der Waals surface area contributed by atoms with E-state index >= 15 is 0 Å². The number of primary amides is 1. The van der Waals surface area contributed by atoms with Gasteiger partial charge < -0.3 is 20.5 Å². The van der Waals surface area contributed by atoms with Gasteiger partial charge >= 0.3 is 5.97 Å². The van der Waals surface area contributed by atoms with E-state index in [1.165, 1.54) is 0 Å². The van der Waals surface area contributed by atoms with Crippen LogP contribution in [0.1, 0.15) is 56.7 Å². The number of nitrogens with one attached hydrogen (secondary N) is 1. The minimum absolute atomic E-state index is 0.0260. The summed E-state index contributed by atoms with van der Waals surface area (Å²) in [6.45, 7) is 7.26. The molecule has 8 heteroatoms. The van der Waals surface area contributed by atoms with Crippen molar-refractivity contribution in [2.24, 2.45) is 5.73 Å². The molecule has 0 aliphatic rings. The smallest absolute Gasteiger partial charge is 0.341 e. The van der Waals surface area contributed by atoms with E-state index in [2.05, 4.69) is 5.32 Å². The van der Waals surface area contributed by atoms with Gasteiger partial charge in [-0.25, -0.2) is 4.79 Å². The Hall–Kier alpha value is -2.87. The van der Waals surface area contributed by atoms with E-state index in [9.17, 15) is 14.4 Å². The van der Waals surface area contributed by atoms with Gasteiger partial charge in [-0.15, -0.1) is 11.3 Å². The Morgan fingerprint density at radius 3 is 2.33 bits per heavy atom. The number of ether oxygens (including phenoxy) is 2. The molecule has 0 spiro atoms. The Bertz CT molecular complexity index is 856. The minimum Gasteiger partial charge on any atom is -0.491 e. The molecular weight excluding hydrogens is 368 g/mol. The number of esters is 1. The standard InChI is InChI=1S/C19H22N2O5S/c1-5-25-19(24)14-11(4)15(16(20)22)27-18(14)21-17(23)12-6-8-13(9-7-12)26-10(2)3/h6-10H,5H2,1-4H3,(H2,20,22)(H,21,23). The van der Waals surface area contributed by atoms with Crippen LogP contribution >= 0.6 is 11.3 Å². The Morgan fingerprint density at radius 2 is 1.81 bits per heavy atom. The summed E-state index contributed by atoms with van der Waals surface area (Å²) >= 11 is 0.951. The van der Waals surface area contributed by atoms with Crippen molar-refractivity contribution in [3.05, 3.63) is 45.8 Å². The average molecular weight is 390 g/mol. The number of hydrogen-bond donors (Lipinski definition) is 2. The fourth-order valence-electron chi connectivity index (χ4n) is 2.42. The largest absolute Gasteiger partial charge is 0.491 e. The fraction of sp³-hybridized carbons (Fsp3) is 0.316. The molecule has 0 unspecified atom stereocenters. The molecule has 1 heterocycles. The van der Waals surface area contributed by atoms with Gasteiger partial charge in [0.2, 0.25) is 0 Å². The predicted molar refractivity (Wildman–Crippen MR) is 104 cm³/mol. The first-order chi connectivity index (χ1) is 12.7. The molecule has 1 aromatic heterocycles. The SMILES string of the molecule is CCOC(=O)c1c(NC(=O)c2ccc(OC(C)C)cc2)sc(C(N)=O)c1C. The maximum atomic E-state index is 12.6. The number of thiophene rings is 1. The van der Waals surface area contributed by atoms with Crippen molar-refractivity contribution in [1.29, 1.82) is 0 Å². The van der Waals surface area contributed by atoms with Crippen LogP contribution in [0.4, 0.5) is 5.00 Å². The molecule has 2 rings (SSSR count). The molecule has 0 saturated carbocycles. The summed E-state index contributed by atoms with van der Waals surface area (Å²) in [6, 6.07) is 6.62. The number of anilines is 1. The summed E-state index contributed by atoms with van der Waals surface area (Å²) < 4.78 is 10.6. The molecule has 0 atom stereocenters. The zero-order valence-electron chi connectivity index (χ0n) is 15.6. The summed E-state index contributed by atoms with van der Waals surface area (Å²) in [4.78, 5) is 36.6. The molecule has 2 aromatic rings. The van der Waals surface area contributed by atoms with E-state index in [-0.39, 0.29) is 28.2 Å². The minimum atomic E-state index is -0.668. The molecule has 0 saturated heterocycles. The lowest BCUT2D eigenvalue weighted by Crippen LogP contribution is -2.15. The second-order valence-corrected chi connectivity index (χ2v) is 7.01. The molecule has 7 nitrogen and oxygen atoms in total. The Labute approximate surface area is 161 Å². The third kappa shape index (κ3) is 4.85. The highest BCUT2D eigenvalue weighted by Gasteiger charge is 2.25. The first kappa shape index (κ1) is 20.4. The van der Waals surface area contributed by atoms with Crippen LogP contribution < -0.4 is 15.8 Å². The number of amides is 2. The maximum absolute atomic E-state index is 12.6. The van der Waals surface area contributed by atoms with E-state index in [1.54, 1.807) is 38.1 Å². The van der Waals surface area contributed by atoms with Gasteiger partial charge in [0.15, 0.2) is 0 Å². The zero-order valence-corrected chi connectivity index (χ0v) is 16.4. The summed E-state index contributed by atoms with van der Waals surface area (Å²) in [7, 11) is 0. The summed E-state index contributed by atoms with van der Waals surface area (Å²) in [5, 5.41) is 2.90. The van der Waals surface area contributed by atoms with Gasteiger partial charge in [-0.1, -0.05) is 0 Å². The van der Waals surface area contributed by atoms with Gasteiger partial charge in [0.25, 0.3) is 11.8 Å². The van der Waals surface area contributed by atoms with Gasteiger partial charge in [-0.05, 0) is 57.5 Å². The van der Waals surface area contributed by atoms with Gasteiger partial charge in [-0.2, -0.15) is 0 Å². The molecule has 27 heavy (non-hydrogen) atoms. The Balaban J connectivity index is 2.30. The lowest BCUT2D eigenvalue weighted by atomic mass is 10.1. The van der Waals surface area contributed by atoms with E-state index in [1.807, 2.05) is 13.8 Å². The van der Waals surface area contributed by atoms with E-state index in [0.717, 1.165) is 11.3 Å². The van der Waals surface area contributed by atoms with Crippen molar-refractivity contribution in [1.82, 2.24) is 0 Å². The van der Waals surface area contributed by atoms with Crippen LogP contribution in [0, 0.1) is 6.92 Å². The van der Waals surface area contributed by atoms with E-state index < -0.39 is 17.8 Å². The number of hydrogen-bond acceptors (Lipinski definition) is 6. The van der Waals surface area contributed by atoms with Crippen molar-refractivity contribution >= 4 is 34.1 Å². The number of carbonyl (C=O) groups excluding carboxylic acids is 3. The quantitative estimate of drug-likeness (QED) is 0.705. The third-order valence-corrected chi connectivity index (χ3v) is 4.79. The monoisotopic (exact) mass is 390 g/mol. The number of nitrogens with two attached hydrogens (primary N) is 1. The van der Waals surface area contributed by atoms with Crippen molar-refractivity contribution in [3.63, 3.8) is 0 Å². The average Bonchev–Trinajstić information content (AvgIpc) is 2.91. The Kier molecular flexibility index (Phi) is 6.57. The third-order valence-electron chi connectivity index (χ3n) is 3.57. The van der Waals surface area contributed by atoms with Crippen molar-refractivity contribution < 1.29 is 23.9 Å². The number of rotatable bonds is 7. The van der Waals surface area contributed by atoms with Crippen molar-refractivity contribution in [3.8, 4) is 5.75 Å². The molecule has 0 bridgehead atoms. The van der Waals surface area contributed by atoms with Crippen LogP contribution in [0.2, 0.25) is 0 Å². The first-order valence-corrected chi connectivity index (χ1v) is 9.24. The van der Waals surface area contributed by atoms with Crippen LogP contribution in [-0.4, -0.2) is 30.5 Å². The molecule has 0 radical (unpaired) electrons. The molecule has 0 aliphatic heterocycles. The second kappa shape index (κ2) is 8.68. The molecule has 3 N–H and O–H groups in total. The molecule has 0 fully saturated rings. The highest BCUT2D eigenvalue weighted by molar-refractivity contribution is 7.18. The summed E-state index contributed by atoms with van der Waals surface area (Å²) in [5.74, 6) is -1.06. The molecule has 0 aliphatic carbocycles. The highest BCUT2D eigenvalue weighted by Crippen LogP contribution is 2.34. The van der Waals surface area contributed by atoms with Crippen molar-refractivity contribution in [2.75, 3.05) is 11.9 Å². The Morgan fingerprint density at radius 1 is 1.19 bits per heavy atom. The predicted octanol–water partition coefficient (Wildman–Crippen LogP) is 3.37. The van der Waals surface area contributed by atoms with Gasteiger partial charge in [-0.3, -0.25) is 9.59 Å². The fourth-order valence-corrected chi connectivity index (χ4v) is 3.46.